The molecule has 0 radical (unpaired) electrons. The van der Waals surface area contributed by atoms with Crippen LogP contribution in [-0.2, 0) is 9.53 Å². The molecule has 3 nitrogen and oxygen atoms in total. The van der Waals surface area contributed by atoms with Crippen molar-refractivity contribution in [1.29, 1.82) is 0 Å². The summed E-state index contributed by atoms with van der Waals surface area (Å²) < 4.78 is 5.47. The number of nitrogens with one attached hydrogen (secondary N) is 1. The molecule has 88 valence electrons. The average Bonchev–Trinajstić information content (AvgIpc) is 2.81. The number of hydrogen-bond donors (Lipinski definition) is 1. The third-order valence-electron chi connectivity index (χ3n) is 2.65. The summed E-state index contributed by atoms with van der Waals surface area (Å²) in [6.07, 6.45) is 1.05. The monoisotopic (exact) mass is 213 g/mol. The fraction of sp³-hybridized carbons (Fsp3) is 0.917. The van der Waals surface area contributed by atoms with E-state index in [2.05, 4.69) is 26.1 Å². The van der Waals surface area contributed by atoms with Crippen molar-refractivity contribution in [2.75, 3.05) is 13.2 Å². The summed E-state index contributed by atoms with van der Waals surface area (Å²) in [5, 5.41) is 2.98. The zero-order chi connectivity index (χ0) is 11.4. The third-order valence-corrected chi connectivity index (χ3v) is 2.65. The largest absolute Gasteiger partial charge is 0.379 e. The second-order valence-corrected chi connectivity index (χ2v) is 5.16. The summed E-state index contributed by atoms with van der Waals surface area (Å²) in [5.41, 5.74) is 0. The van der Waals surface area contributed by atoms with Crippen LogP contribution in [0.15, 0.2) is 0 Å². The first kappa shape index (κ1) is 12.5. The summed E-state index contributed by atoms with van der Waals surface area (Å²) in [6, 6.07) is 0.129. The van der Waals surface area contributed by atoms with E-state index >= 15 is 0 Å². The Bertz CT molecular complexity index is 216. The molecule has 1 saturated carbocycles. The van der Waals surface area contributed by atoms with Gasteiger partial charge in [0.15, 0.2) is 0 Å². The number of ether oxygens (including phenoxy) is 1. The van der Waals surface area contributed by atoms with Crippen molar-refractivity contribution in [2.45, 2.75) is 40.2 Å². The van der Waals surface area contributed by atoms with Gasteiger partial charge in [-0.3, -0.25) is 4.79 Å². The van der Waals surface area contributed by atoms with Crippen LogP contribution in [0.3, 0.4) is 0 Å². The molecular weight excluding hydrogens is 190 g/mol. The number of rotatable bonds is 6. The van der Waals surface area contributed by atoms with Gasteiger partial charge in [-0.15, -0.1) is 0 Å². The molecule has 0 aromatic carbocycles. The predicted octanol–water partition coefficient (Wildman–Crippen LogP) is 1.82. The van der Waals surface area contributed by atoms with Crippen molar-refractivity contribution in [1.82, 2.24) is 5.32 Å². The van der Waals surface area contributed by atoms with Crippen molar-refractivity contribution in [3.63, 3.8) is 0 Å². The number of amides is 1. The summed E-state index contributed by atoms with van der Waals surface area (Å²) in [4.78, 5) is 11.6. The minimum atomic E-state index is 0.129. The second kappa shape index (κ2) is 5.50. The van der Waals surface area contributed by atoms with Gasteiger partial charge in [0.25, 0.3) is 0 Å². The molecule has 1 fully saturated rings. The lowest BCUT2D eigenvalue weighted by Gasteiger charge is -2.15. The zero-order valence-corrected chi connectivity index (χ0v) is 10.2. The van der Waals surface area contributed by atoms with Crippen LogP contribution in [0, 0.1) is 17.8 Å². The van der Waals surface area contributed by atoms with Crippen LogP contribution in [-0.4, -0.2) is 25.2 Å². The molecule has 0 spiro atoms. The molecule has 1 amide bonds. The topological polar surface area (TPSA) is 38.3 Å². The van der Waals surface area contributed by atoms with E-state index in [0.717, 1.165) is 13.0 Å². The van der Waals surface area contributed by atoms with Crippen molar-refractivity contribution < 1.29 is 9.53 Å². The van der Waals surface area contributed by atoms with Crippen LogP contribution >= 0.6 is 0 Å². The first-order valence-electron chi connectivity index (χ1n) is 5.88. The van der Waals surface area contributed by atoms with E-state index in [1.54, 1.807) is 0 Å². The van der Waals surface area contributed by atoms with Crippen LogP contribution < -0.4 is 5.32 Å². The minimum absolute atomic E-state index is 0.129. The number of hydrogen-bond acceptors (Lipinski definition) is 2. The van der Waals surface area contributed by atoms with Gasteiger partial charge in [0, 0.05) is 18.6 Å². The van der Waals surface area contributed by atoms with Gasteiger partial charge in [0.2, 0.25) is 5.91 Å². The molecule has 1 rings (SSSR count). The van der Waals surface area contributed by atoms with Crippen LogP contribution in [0.5, 0.6) is 0 Å². The van der Waals surface area contributed by atoms with E-state index in [1.807, 2.05) is 6.92 Å². The molecule has 1 aliphatic rings. The molecule has 1 aliphatic carbocycles. The highest BCUT2D eigenvalue weighted by Crippen LogP contribution is 2.37. The van der Waals surface area contributed by atoms with E-state index in [-0.39, 0.29) is 17.9 Å². The van der Waals surface area contributed by atoms with Gasteiger partial charge in [-0.1, -0.05) is 20.8 Å². The smallest absolute Gasteiger partial charge is 0.223 e. The zero-order valence-electron chi connectivity index (χ0n) is 10.2. The van der Waals surface area contributed by atoms with E-state index < -0.39 is 0 Å². The lowest BCUT2D eigenvalue weighted by molar-refractivity contribution is -0.123. The molecule has 1 N–H and O–H groups in total. The fourth-order valence-electron chi connectivity index (χ4n) is 1.56. The van der Waals surface area contributed by atoms with Gasteiger partial charge in [-0.25, -0.2) is 0 Å². The van der Waals surface area contributed by atoms with E-state index in [1.165, 1.54) is 0 Å². The minimum Gasteiger partial charge on any atom is -0.379 e. The molecule has 3 atom stereocenters. The Balaban J connectivity index is 2.07. The Labute approximate surface area is 92.6 Å². The van der Waals surface area contributed by atoms with Gasteiger partial charge in [0.05, 0.1) is 6.61 Å². The van der Waals surface area contributed by atoms with E-state index in [0.29, 0.717) is 18.4 Å². The van der Waals surface area contributed by atoms with E-state index in [9.17, 15) is 4.79 Å². The highest BCUT2D eigenvalue weighted by molar-refractivity contribution is 5.81. The van der Waals surface area contributed by atoms with E-state index in [4.69, 9.17) is 4.74 Å². The fourth-order valence-corrected chi connectivity index (χ4v) is 1.56. The summed E-state index contributed by atoms with van der Waals surface area (Å²) in [7, 11) is 0. The molecule has 3 heteroatoms. The lowest BCUT2D eigenvalue weighted by Crippen LogP contribution is -2.37. The highest BCUT2D eigenvalue weighted by Gasteiger charge is 2.39. The molecule has 0 aliphatic heterocycles. The summed E-state index contributed by atoms with van der Waals surface area (Å²) >= 11 is 0. The molecule has 0 aromatic heterocycles. The van der Waals surface area contributed by atoms with Crippen molar-refractivity contribution >= 4 is 5.91 Å². The van der Waals surface area contributed by atoms with Crippen LogP contribution in [0.25, 0.3) is 0 Å². The van der Waals surface area contributed by atoms with Crippen LogP contribution in [0.1, 0.15) is 34.1 Å². The average molecular weight is 213 g/mol. The Morgan fingerprint density at radius 3 is 2.47 bits per heavy atom. The highest BCUT2D eigenvalue weighted by atomic mass is 16.5. The quantitative estimate of drug-likeness (QED) is 0.731. The first-order valence-corrected chi connectivity index (χ1v) is 5.88. The molecule has 0 heterocycles. The maximum Gasteiger partial charge on any atom is 0.223 e. The van der Waals surface area contributed by atoms with Gasteiger partial charge < -0.3 is 10.1 Å². The van der Waals surface area contributed by atoms with Crippen molar-refractivity contribution in [3.8, 4) is 0 Å². The normalized spacial score (nSPS) is 26.5. The van der Waals surface area contributed by atoms with Crippen molar-refractivity contribution in [2.24, 2.45) is 17.8 Å². The summed E-state index contributed by atoms with van der Waals surface area (Å²) in [6.45, 7) is 9.73. The predicted molar refractivity (Wildman–Crippen MR) is 60.5 cm³/mol. The Hall–Kier alpha value is -0.570. The maximum absolute atomic E-state index is 11.6. The van der Waals surface area contributed by atoms with Gasteiger partial charge in [-0.2, -0.15) is 0 Å². The second-order valence-electron chi connectivity index (χ2n) is 5.16. The summed E-state index contributed by atoms with van der Waals surface area (Å²) in [5.74, 6) is 1.59. The van der Waals surface area contributed by atoms with Crippen LogP contribution in [0.2, 0.25) is 0 Å². The Morgan fingerprint density at radius 1 is 1.40 bits per heavy atom. The first-order chi connectivity index (χ1) is 7.00. The van der Waals surface area contributed by atoms with Crippen molar-refractivity contribution in [3.05, 3.63) is 0 Å². The maximum atomic E-state index is 11.6. The SMILES string of the molecule is CC(C)COC[C@H](C)NC(=O)[C@@H]1C[C@H]1C. The third kappa shape index (κ3) is 4.65. The lowest BCUT2D eigenvalue weighted by atomic mass is 10.2. The van der Waals surface area contributed by atoms with Crippen LogP contribution in [0.4, 0.5) is 0 Å². The Kier molecular flexibility index (Phi) is 4.58. The molecular formula is C12H23NO2. The molecule has 15 heavy (non-hydrogen) atoms. The molecule has 0 saturated heterocycles. The molecule has 0 aromatic rings. The standard InChI is InChI=1S/C12H23NO2/c1-8(2)6-15-7-10(4)13-12(14)11-5-9(11)3/h8-11H,5-7H2,1-4H3,(H,13,14)/t9-,10+,11-/m1/s1. The number of carbonyl (C=O) groups is 1. The Morgan fingerprint density at radius 2 is 2.00 bits per heavy atom. The van der Waals surface area contributed by atoms with Gasteiger partial charge in [-0.05, 0) is 25.2 Å². The van der Waals surface area contributed by atoms with Gasteiger partial charge >= 0.3 is 0 Å². The molecule has 0 bridgehead atoms. The van der Waals surface area contributed by atoms with Gasteiger partial charge in [0.1, 0.15) is 0 Å². The number of carbonyl (C=O) groups excluding carboxylic acids is 1. The molecule has 0 unspecified atom stereocenters.